The van der Waals surface area contributed by atoms with E-state index in [2.05, 4.69) is 25.6 Å². The van der Waals surface area contributed by atoms with Crippen LogP contribution in [0.4, 0.5) is 30.8 Å². The molecule has 0 atom stereocenters. The summed E-state index contributed by atoms with van der Waals surface area (Å²) >= 11 is 5.98. The molecule has 3 aromatic rings. The number of aromatic nitrogens is 3. The van der Waals surface area contributed by atoms with Gasteiger partial charge in [-0.1, -0.05) is 23.7 Å². The van der Waals surface area contributed by atoms with E-state index >= 15 is 0 Å². The minimum atomic E-state index is -4.60. The van der Waals surface area contributed by atoms with Crippen LogP contribution >= 0.6 is 11.6 Å². The molecule has 208 valence electrons. The molecule has 10 nitrogen and oxygen atoms in total. The van der Waals surface area contributed by atoms with Crippen molar-refractivity contribution in [2.24, 2.45) is 0 Å². The number of benzene rings is 2. The van der Waals surface area contributed by atoms with Gasteiger partial charge in [-0.15, -0.1) is 0 Å². The van der Waals surface area contributed by atoms with Gasteiger partial charge in [0.25, 0.3) is 5.91 Å². The van der Waals surface area contributed by atoms with Crippen molar-refractivity contribution < 1.29 is 31.1 Å². The fourth-order valence-corrected chi connectivity index (χ4v) is 4.15. The highest BCUT2D eigenvalue weighted by Gasteiger charge is 2.45. The minimum Gasteiger partial charge on any atom is -0.454 e. The Hall–Kier alpha value is -3.65. The highest BCUT2D eigenvalue weighted by atomic mass is 35.5. The van der Waals surface area contributed by atoms with Crippen LogP contribution in [0.3, 0.4) is 0 Å². The standard InChI is InChI=1S/C24H24ClF3N6O4S/c1-14(2)39(36,37)34-19(35)15-3-9-18(10-4-15)29-20-30-21(32-22(31-20)38-13-24(26,27)28)33-23(11-12-23)16-5-7-17(25)8-6-16/h3-10,14H,11-13H2,1-2H3,(H,34,35)(H2,29,30,31,32,33). The zero-order chi connectivity index (χ0) is 28.4. The zero-order valence-electron chi connectivity index (χ0n) is 20.7. The molecule has 1 fully saturated rings. The molecule has 0 saturated heterocycles. The highest BCUT2D eigenvalue weighted by molar-refractivity contribution is 7.90. The van der Waals surface area contributed by atoms with E-state index in [0.717, 1.165) is 18.4 Å². The van der Waals surface area contributed by atoms with Crippen molar-refractivity contribution in [1.29, 1.82) is 0 Å². The van der Waals surface area contributed by atoms with E-state index in [0.29, 0.717) is 10.7 Å². The fraction of sp³-hybridized carbons (Fsp3) is 0.333. The summed E-state index contributed by atoms with van der Waals surface area (Å²) in [4.78, 5) is 24.5. The predicted molar refractivity (Wildman–Crippen MR) is 139 cm³/mol. The normalized spacial score (nSPS) is 14.5. The van der Waals surface area contributed by atoms with Gasteiger partial charge in [-0.05, 0) is 68.7 Å². The Morgan fingerprint density at radius 2 is 1.64 bits per heavy atom. The molecular formula is C24H24ClF3N6O4S. The van der Waals surface area contributed by atoms with E-state index in [9.17, 15) is 26.4 Å². The van der Waals surface area contributed by atoms with Crippen molar-refractivity contribution in [1.82, 2.24) is 19.7 Å². The molecule has 1 saturated carbocycles. The second-order valence-corrected chi connectivity index (χ2v) is 11.8. The van der Waals surface area contributed by atoms with E-state index in [4.69, 9.17) is 16.3 Å². The molecule has 0 radical (unpaired) electrons. The second-order valence-electron chi connectivity index (χ2n) is 9.11. The van der Waals surface area contributed by atoms with Gasteiger partial charge < -0.3 is 15.4 Å². The average molecular weight is 585 g/mol. The van der Waals surface area contributed by atoms with Crippen molar-refractivity contribution in [2.45, 2.75) is 43.7 Å². The number of nitrogens with one attached hydrogen (secondary N) is 3. The average Bonchev–Trinajstić information content (AvgIpc) is 3.63. The molecule has 3 N–H and O–H groups in total. The first-order chi connectivity index (χ1) is 18.2. The Bertz CT molecular complexity index is 1450. The Morgan fingerprint density at radius 3 is 2.21 bits per heavy atom. The number of halogens is 4. The van der Waals surface area contributed by atoms with E-state index in [1.807, 2.05) is 16.9 Å². The largest absolute Gasteiger partial charge is 0.454 e. The maximum absolute atomic E-state index is 12.8. The van der Waals surface area contributed by atoms with Gasteiger partial charge in [0.2, 0.25) is 21.9 Å². The van der Waals surface area contributed by atoms with Crippen molar-refractivity contribution in [3.05, 3.63) is 64.7 Å². The van der Waals surface area contributed by atoms with E-state index < -0.39 is 45.5 Å². The van der Waals surface area contributed by atoms with Crippen molar-refractivity contribution in [3.8, 4) is 6.01 Å². The number of amides is 1. The third-order valence-corrected chi connectivity index (χ3v) is 7.70. The van der Waals surface area contributed by atoms with Crippen LogP contribution in [0.5, 0.6) is 6.01 Å². The third kappa shape index (κ3) is 7.47. The lowest BCUT2D eigenvalue weighted by atomic mass is 10.1. The summed E-state index contributed by atoms with van der Waals surface area (Å²) in [6, 6.07) is 12.3. The summed E-state index contributed by atoms with van der Waals surface area (Å²) in [6.45, 7) is 1.28. The fourth-order valence-electron chi connectivity index (χ4n) is 3.41. The number of anilines is 3. The molecule has 1 amide bonds. The molecule has 2 aromatic carbocycles. The maximum Gasteiger partial charge on any atom is 0.422 e. The number of sulfonamides is 1. The van der Waals surface area contributed by atoms with Gasteiger partial charge in [0.1, 0.15) is 0 Å². The monoisotopic (exact) mass is 584 g/mol. The first-order valence-electron chi connectivity index (χ1n) is 11.7. The molecular weight excluding hydrogens is 561 g/mol. The molecule has 4 rings (SSSR count). The zero-order valence-corrected chi connectivity index (χ0v) is 22.3. The number of hydrogen-bond donors (Lipinski definition) is 3. The van der Waals surface area contributed by atoms with Crippen LogP contribution in [-0.2, 0) is 15.6 Å². The smallest absolute Gasteiger partial charge is 0.422 e. The summed E-state index contributed by atoms with van der Waals surface area (Å²) in [7, 11) is -3.81. The van der Waals surface area contributed by atoms with Crippen molar-refractivity contribution in [2.75, 3.05) is 17.2 Å². The van der Waals surface area contributed by atoms with Crippen molar-refractivity contribution in [3.63, 3.8) is 0 Å². The number of carbonyl (C=O) groups excluding carboxylic acids is 1. The second kappa shape index (κ2) is 10.8. The molecule has 1 heterocycles. The van der Waals surface area contributed by atoms with Crippen LogP contribution < -0.4 is 20.1 Å². The van der Waals surface area contributed by atoms with Gasteiger partial charge in [0, 0.05) is 16.3 Å². The number of carbonyl (C=O) groups is 1. The summed E-state index contributed by atoms with van der Waals surface area (Å²) in [5.41, 5.74) is 0.843. The first-order valence-corrected chi connectivity index (χ1v) is 13.6. The van der Waals surface area contributed by atoms with Crippen LogP contribution in [-0.4, -0.2) is 47.3 Å². The third-order valence-electron chi connectivity index (χ3n) is 5.74. The molecule has 1 aliphatic rings. The Labute approximate surface area is 227 Å². The van der Waals surface area contributed by atoms with Crippen molar-refractivity contribution >= 4 is 45.1 Å². The predicted octanol–water partition coefficient (Wildman–Crippen LogP) is 4.78. The van der Waals surface area contributed by atoms with Gasteiger partial charge in [-0.3, -0.25) is 4.79 Å². The van der Waals surface area contributed by atoms with Gasteiger partial charge in [0.15, 0.2) is 6.61 Å². The van der Waals surface area contributed by atoms with Gasteiger partial charge in [0.05, 0.1) is 10.8 Å². The van der Waals surface area contributed by atoms with Crippen LogP contribution in [0.15, 0.2) is 48.5 Å². The SMILES string of the molecule is CC(C)S(=O)(=O)NC(=O)c1ccc(Nc2nc(NC3(c4ccc(Cl)cc4)CC3)nc(OCC(F)(F)F)n2)cc1. The first kappa shape index (κ1) is 28.4. The summed E-state index contributed by atoms with van der Waals surface area (Å²) in [5, 5.41) is 5.77. The number of alkyl halides is 3. The molecule has 0 aliphatic heterocycles. The molecule has 0 bridgehead atoms. The van der Waals surface area contributed by atoms with Crippen LogP contribution in [0.2, 0.25) is 5.02 Å². The van der Waals surface area contributed by atoms with Crippen LogP contribution in [0.1, 0.15) is 42.6 Å². The van der Waals surface area contributed by atoms with Gasteiger partial charge >= 0.3 is 12.2 Å². The lowest BCUT2D eigenvalue weighted by molar-refractivity contribution is -0.154. The Balaban J connectivity index is 1.55. The van der Waals surface area contributed by atoms with Crippen LogP contribution in [0, 0.1) is 0 Å². The van der Waals surface area contributed by atoms with E-state index in [1.54, 1.807) is 12.1 Å². The number of ether oxygens (including phenoxy) is 1. The molecule has 0 spiro atoms. The number of hydrogen-bond acceptors (Lipinski definition) is 9. The molecule has 39 heavy (non-hydrogen) atoms. The number of nitrogens with zero attached hydrogens (tertiary/aromatic N) is 3. The van der Waals surface area contributed by atoms with Gasteiger partial charge in [-0.2, -0.15) is 28.1 Å². The quantitative estimate of drug-likeness (QED) is 0.308. The number of rotatable bonds is 10. The highest BCUT2D eigenvalue weighted by Crippen LogP contribution is 2.48. The maximum atomic E-state index is 12.8. The topological polar surface area (TPSA) is 135 Å². The lowest BCUT2D eigenvalue weighted by Crippen LogP contribution is -2.35. The Kier molecular flexibility index (Phi) is 7.89. The summed E-state index contributed by atoms with van der Waals surface area (Å²) in [6.07, 6.45) is -3.13. The van der Waals surface area contributed by atoms with Crippen LogP contribution in [0.25, 0.3) is 0 Å². The molecule has 1 aromatic heterocycles. The molecule has 15 heteroatoms. The Morgan fingerprint density at radius 1 is 1.03 bits per heavy atom. The van der Waals surface area contributed by atoms with E-state index in [1.165, 1.54) is 38.1 Å². The van der Waals surface area contributed by atoms with Gasteiger partial charge in [-0.25, -0.2) is 13.1 Å². The lowest BCUT2D eigenvalue weighted by Gasteiger charge is -2.19. The summed E-state index contributed by atoms with van der Waals surface area (Å²) < 4.78 is 68.9. The molecule has 1 aliphatic carbocycles. The molecule has 0 unspecified atom stereocenters. The van der Waals surface area contributed by atoms with E-state index in [-0.39, 0.29) is 17.5 Å². The minimum absolute atomic E-state index is 0.00739. The summed E-state index contributed by atoms with van der Waals surface area (Å²) in [5.74, 6) is -0.926.